The van der Waals surface area contributed by atoms with Gasteiger partial charge in [0.2, 0.25) is 10.0 Å². The topological polar surface area (TPSA) is 92.5 Å². The Bertz CT molecular complexity index is 1020. The van der Waals surface area contributed by atoms with Gasteiger partial charge < -0.3 is 9.73 Å². The maximum absolute atomic E-state index is 12.2. The molecule has 0 aliphatic carbocycles. The molecule has 1 saturated heterocycles. The van der Waals surface area contributed by atoms with Gasteiger partial charge in [-0.1, -0.05) is 12.1 Å². The van der Waals surface area contributed by atoms with Crippen molar-refractivity contribution in [3.05, 3.63) is 42.2 Å². The lowest BCUT2D eigenvalue weighted by atomic mass is 10.3. The first-order valence-corrected chi connectivity index (χ1v) is 10.7. The zero-order valence-electron chi connectivity index (χ0n) is 13.8. The number of thiazole rings is 1. The molecule has 1 fully saturated rings. The summed E-state index contributed by atoms with van der Waals surface area (Å²) >= 11 is 1.50. The average Bonchev–Trinajstić information content (AvgIpc) is 3.32. The molecular weight excluding hydrogens is 374 g/mol. The van der Waals surface area contributed by atoms with Crippen molar-refractivity contribution in [3.63, 3.8) is 0 Å². The third-order valence-electron chi connectivity index (χ3n) is 4.18. The molecule has 3 heterocycles. The number of aromatic nitrogens is 1. The maximum Gasteiger partial charge on any atom is 0.287 e. The lowest BCUT2D eigenvalue weighted by molar-refractivity contribution is 0.0925. The van der Waals surface area contributed by atoms with E-state index >= 15 is 0 Å². The lowest BCUT2D eigenvalue weighted by Gasteiger charge is -2.13. The van der Waals surface area contributed by atoms with Crippen molar-refractivity contribution in [1.29, 1.82) is 0 Å². The van der Waals surface area contributed by atoms with Crippen molar-refractivity contribution in [2.75, 3.05) is 25.4 Å². The minimum absolute atomic E-state index is 0.184. The summed E-state index contributed by atoms with van der Waals surface area (Å²) in [6.45, 7) is 1.04. The predicted octanol–water partition coefficient (Wildman–Crippen LogP) is 2.32. The van der Waals surface area contributed by atoms with E-state index in [0.29, 0.717) is 23.7 Å². The van der Waals surface area contributed by atoms with E-state index in [4.69, 9.17) is 4.42 Å². The highest BCUT2D eigenvalue weighted by Gasteiger charge is 2.27. The summed E-state index contributed by atoms with van der Waals surface area (Å²) in [5.74, 6) is 0.543. The number of rotatable bonds is 5. The molecule has 1 aliphatic heterocycles. The molecule has 0 unspecified atom stereocenters. The number of nitrogens with one attached hydrogen (secondary N) is 1. The van der Waals surface area contributed by atoms with Crippen LogP contribution >= 0.6 is 11.3 Å². The van der Waals surface area contributed by atoms with Crippen molar-refractivity contribution >= 4 is 37.5 Å². The molecule has 0 spiro atoms. The molecule has 136 valence electrons. The molecular formula is C17H17N3O4S2. The van der Waals surface area contributed by atoms with Crippen LogP contribution in [0.5, 0.6) is 0 Å². The molecule has 2 aromatic heterocycles. The van der Waals surface area contributed by atoms with Crippen LogP contribution in [0.3, 0.4) is 0 Å². The van der Waals surface area contributed by atoms with Crippen LogP contribution in [0, 0.1) is 0 Å². The number of fused-ring (bicyclic) bond motifs is 1. The average molecular weight is 391 g/mol. The zero-order valence-corrected chi connectivity index (χ0v) is 15.5. The predicted molar refractivity (Wildman–Crippen MR) is 99.6 cm³/mol. The fourth-order valence-corrected chi connectivity index (χ4v) is 5.33. The van der Waals surface area contributed by atoms with Crippen molar-refractivity contribution in [2.45, 2.75) is 6.42 Å². The molecule has 9 heteroatoms. The monoisotopic (exact) mass is 391 g/mol. The lowest BCUT2D eigenvalue weighted by Crippen LogP contribution is -2.35. The standard InChI is InChI=1S/C17H17N3O4S2/c21-16(18-8-10-20-9-3-11-26(20,22)23)13-6-7-14(24-13)17-19-12-4-1-2-5-15(12)25-17/h1-2,4-7H,3,8-11H2,(H,18,21). The minimum atomic E-state index is -3.14. The van der Waals surface area contributed by atoms with E-state index in [1.54, 1.807) is 12.1 Å². The summed E-state index contributed by atoms with van der Waals surface area (Å²) in [4.78, 5) is 16.7. The molecule has 0 radical (unpaired) electrons. The Morgan fingerprint density at radius 3 is 2.88 bits per heavy atom. The second-order valence-electron chi connectivity index (χ2n) is 5.98. The van der Waals surface area contributed by atoms with Gasteiger partial charge in [0.25, 0.3) is 5.91 Å². The number of amides is 1. The van der Waals surface area contributed by atoms with Gasteiger partial charge in [-0.2, -0.15) is 0 Å². The zero-order chi connectivity index (χ0) is 18.1. The number of sulfonamides is 1. The molecule has 1 N–H and O–H groups in total. The van der Waals surface area contributed by atoms with E-state index < -0.39 is 10.0 Å². The number of carbonyl (C=O) groups excluding carboxylic acids is 1. The van der Waals surface area contributed by atoms with Gasteiger partial charge in [-0.25, -0.2) is 17.7 Å². The number of nitrogens with zero attached hydrogens (tertiary/aromatic N) is 2. The van der Waals surface area contributed by atoms with Crippen LogP contribution in [-0.4, -0.2) is 49.0 Å². The summed E-state index contributed by atoms with van der Waals surface area (Å²) in [5.41, 5.74) is 0.890. The fourth-order valence-electron chi connectivity index (χ4n) is 2.88. The summed E-state index contributed by atoms with van der Waals surface area (Å²) in [7, 11) is -3.14. The van der Waals surface area contributed by atoms with Crippen LogP contribution in [-0.2, 0) is 10.0 Å². The van der Waals surface area contributed by atoms with Crippen LogP contribution in [0.25, 0.3) is 21.0 Å². The Kier molecular flexibility index (Phi) is 4.51. The Hall–Kier alpha value is -2.23. The van der Waals surface area contributed by atoms with E-state index in [0.717, 1.165) is 10.2 Å². The van der Waals surface area contributed by atoms with Crippen LogP contribution in [0.2, 0.25) is 0 Å². The Balaban J connectivity index is 1.40. The summed E-state index contributed by atoms with van der Waals surface area (Å²) in [5, 5.41) is 3.42. The van der Waals surface area contributed by atoms with Crippen LogP contribution in [0.4, 0.5) is 0 Å². The van der Waals surface area contributed by atoms with Gasteiger partial charge >= 0.3 is 0 Å². The van der Waals surface area contributed by atoms with Crippen molar-refractivity contribution in [3.8, 4) is 10.8 Å². The highest BCUT2D eigenvalue weighted by Crippen LogP contribution is 2.31. The van der Waals surface area contributed by atoms with E-state index in [1.165, 1.54) is 15.6 Å². The fraction of sp³-hybridized carbons (Fsp3) is 0.294. The van der Waals surface area contributed by atoms with E-state index in [2.05, 4.69) is 10.3 Å². The quantitative estimate of drug-likeness (QED) is 0.721. The first kappa shape index (κ1) is 17.2. The van der Waals surface area contributed by atoms with E-state index in [9.17, 15) is 13.2 Å². The third-order valence-corrected chi connectivity index (χ3v) is 7.19. The van der Waals surface area contributed by atoms with Crippen molar-refractivity contribution in [2.24, 2.45) is 0 Å². The van der Waals surface area contributed by atoms with Gasteiger partial charge in [0, 0.05) is 19.6 Å². The molecule has 0 atom stereocenters. The van der Waals surface area contributed by atoms with Crippen LogP contribution < -0.4 is 5.32 Å². The van der Waals surface area contributed by atoms with Gasteiger partial charge in [0.15, 0.2) is 16.5 Å². The van der Waals surface area contributed by atoms with Gasteiger partial charge in [-0.15, -0.1) is 11.3 Å². The molecule has 7 nitrogen and oxygen atoms in total. The number of carbonyl (C=O) groups is 1. The van der Waals surface area contributed by atoms with Gasteiger partial charge in [-0.3, -0.25) is 4.79 Å². The van der Waals surface area contributed by atoms with Crippen LogP contribution in [0.15, 0.2) is 40.8 Å². The SMILES string of the molecule is O=C(NCCN1CCCS1(=O)=O)c1ccc(-c2nc3ccccc3s2)o1. The molecule has 1 aromatic carbocycles. The largest absolute Gasteiger partial charge is 0.448 e. The normalized spacial score (nSPS) is 16.9. The molecule has 1 aliphatic rings. The maximum atomic E-state index is 12.2. The third kappa shape index (κ3) is 3.37. The number of furan rings is 1. The summed E-state index contributed by atoms with van der Waals surface area (Å²) in [6.07, 6.45) is 0.639. The number of para-hydroxylation sites is 1. The second-order valence-corrected chi connectivity index (χ2v) is 9.09. The van der Waals surface area contributed by atoms with Crippen LogP contribution in [0.1, 0.15) is 17.0 Å². The first-order valence-electron chi connectivity index (χ1n) is 8.25. The Morgan fingerprint density at radius 1 is 1.27 bits per heavy atom. The highest BCUT2D eigenvalue weighted by atomic mass is 32.2. The molecule has 3 aromatic rings. The molecule has 4 rings (SSSR count). The number of hydrogen-bond acceptors (Lipinski definition) is 6. The molecule has 0 saturated carbocycles. The second kappa shape index (κ2) is 6.82. The minimum Gasteiger partial charge on any atom is -0.448 e. The number of benzene rings is 1. The molecule has 0 bridgehead atoms. The van der Waals surface area contributed by atoms with Gasteiger partial charge in [0.05, 0.1) is 16.0 Å². The van der Waals surface area contributed by atoms with Gasteiger partial charge in [0.1, 0.15) is 0 Å². The Labute approximate surface area is 154 Å². The van der Waals surface area contributed by atoms with E-state index in [-0.39, 0.29) is 30.5 Å². The summed E-state index contributed by atoms with van der Waals surface area (Å²) < 4.78 is 31.5. The van der Waals surface area contributed by atoms with Gasteiger partial charge in [-0.05, 0) is 30.7 Å². The van der Waals surface area contributed by atoms with E-state index in [1.807, 2.05) is 24.3 Å². The molecule has 26 heavy (non-hydrogen) atoms. The summed E-state index contributed by atoms with van der Waals surface area (Å²) in [6, 6.07) is 11.1. The smallest absolute Gasteiger partial charge is 0.287 e. The molecule has 1 amide bonds. The van der Waals surface area contributed by atoms with Crippen molar-refractivity contribution in [1.82, 2.24) is 14.6 Å². The van der Waals surface area contributed by atoms with Crippen molar-refractivity contribution < 1.29 is 17.6 Å². The first-order chi connectivity index (χ1) is 12.5. The number of hydrogen-bond donors (Lipinski definition) is 1. The Morgan fingerprint density at radius 2 is 2.12 bits per heavy atom. The highest BCUT2D eigenvalue weighted by molar-refractivity contribution is 7.89.